The molecule has 1 heterocycles. The van der Waals surface area contributed by atoms with E-state index in [0.29, 0.717) is 17.7 Å². The van der Waals surface area contributed by atoms with Gasteiger partial charge in [0.1, 0.15) is 78.0 Å². The maximum atomic E-state index is 14.3. The summed E-state index contributed by atoms with van der Waals surface area (Å²) < 4.78 is 5.49. The van der Waals surface area contributed by atoms with Gasteiger partial charge in [-0.15, -0.1) is 11.8 Å². The smallest absolute Gasteiger partial charge is 0.305 e. The number of aliphatic hydroxyl groups is 6. The number of carboxylic acid groups (broad SMARTS) is 1. The summed E-state index contributed by atoms with van der Waals surface area (Å²) in [5.41, 5.74) is 10.9. The van der Waals surface area contributed by atoms with Crippen LogP contribution in [0.4, 0.5) is 0 Å². The number of thiol groups is 1. The van der Waals surface area contributed by atoms with Crippen LogP contribution in [0.3, 0.4) is 0 Å². The molecule has 3 rings (SSSR count). The molecule has 532 valence electrons. The van der Waals surface area contributed by atoms with Gasteiger partial charge in [-0.3, -0.25) is 78.4 Å². The van der Waals surface area contributed by atoms with Crippen molar-refractivity contribution >= 4 is 108 Å². The Morgan fingerprint density at radius 3 is 1.81 bits per heavy atom. The molecule has 1 aliphatic heterocycles. The normalized spacial score (nSPS) is 18.7. The summed E-state index contributed by atoms with van der Waals surface area (Å²) in [5.74, 6) is -14.4. The van der Waals surface area contributed by atoms with E-state index in [0.717, 1.165) is 11.8 Å². The predicted octanol–water partition coefficient (Wildman–Crippen LogP) is -8.06. The van der Waals surface area contributed by atoms with Crippen LogP contribution in [0.5, 0.6) is 5.75 Å². The standard InChI is InChI=1S/C58H86N14O22S2/c1-27(2)19-35(65-43(79)22-63-56(93)39(77)26-95)52(89)66-33(5-4-17-62-58(60)61)50(87)67-34(14-15-41(59)78)51(88)68-36(20-30-8-12-32(76)13-9-30)53(90)72-54(91)37(21-44(80)81)69-55(92)38(23-73)64-28(3)48(85)70-42(25-75)71-49(86)31-10-6-29(7-11-31)16-18-96-57-47(84)46(83)45(82)40(24-74)94-57/h6-13,25,27-28,33-40,42,45-47,57,64,73-74,76-77,82-84,95H,4-5,14-24,26H2,1-3H3,(H2,59,78)(H,63,93)(H,65,79)(H,66,89)(H,67,87)(H,68,88)(H,69,92)(H,70,85)(H,71,86)(H,80,81)(H4,60,61,62)(H,72,90,91)/t28?,33?,34?,35?,36?,37?,38?,39?,40-,42?,45-,46+,47-,57+/m1/s1. The van der Waals surface area contributed by atoms with Crippen molar-refractivity contribution in [2.75, 3.05) is 37.8 Å². The number of nitrogens with one attached hydrogen (secondary N) is 12. The second kappa shape index (κ2) is 41.4. The van der Waals surface area contributed by atoms with Crippen molar-refractivity contribution in [1.82, 2.24) is 58.5 Å². The van der Waals surface area contributed by atoms with Crippen molar-refractivity contribution in [3.8, 4) is 5.75 Å². The Morgan fingerprint density at radius 1 is 0.677 bits per heavy atom. The van der Waals surface area contributed by atoms with Gasteiger partial charge in [-0.05, 0) is 86.1 Å². The first kappa shape index (κ1) is 81.6. The van der Waals surface area contributed by atoms with Gasteiger partial charge in [0, 0.05) is 30.7 Å². The Labute approximate surface area is 560 Å². The van der Waals surface area contributed by atoms with Crippen LogP contribution < -0.4 is 70.0 Å². The number of phenols is 1. The first-order chi connectivity index (χ1) is 45.3. The number of imide groups is 1. The van der Waals surface area contributed by atoms with Crippen LogP contribution in [0.25, 0.3) is 0 Å². The van der Waals surface area contributed by atoms with E-state index in [9.17, 15) is 103 Å². The maximum absolute atomic E-state index is 14.3. The van der Waals surface area contributed by atoms with E-state index in [4.69, 9.17) is 21.6 Å². The monoisotopic (exact) mass is 1390 g/mol. The fourth-order valence-corrected chi connectivity index (χ4v) is 10.4. The number of aromatic hydroxyl groups is 1. The van der Waals surface area contributed by atoms with Crippen LogP contribution in [-0.2, 0) is 75.1 Å². The molecule has 0 aromatic heterocycles. The lowest BCUT2D eigenvalue weighted by atomic mass is 10.0. The fraction of sp³-hybridized carbons (Fsp3) is 0.552. The number of guanidine groups is 1. The number of carbonyl (C=O) groups is 13. The van der Waals surface area contributed by atoms with Gasteiger partial charge >= 0.3 is 5.97 Å². The second-order valence-electron chi connectivity index (χ2n) is 22.5. The number of carbonyl (C=O) groups excluding carboxylic acids is 12. The minimum absolute atomic E-state index is 0.00511. The Morgan fingerprint density at radius 2 is 1.25 bits per heavy atom. The molecule has 38 heteroatoms. The van der Waals surface area contributed by atoms with Gasteiger partial charge in [0.05, 0.1) is 32.2 Å². The molecule has 0 aliphatic carbocycles. The van der Waals surface area contributed by atoms with Crippen LogP contribution >= 0.6 is 24.4 Å². The highest BCUT2D eigenvalue weighted by atomic mass is 32.2. The van der Waals surface area contributed by atoms with Crippen molar-refractivity contribution in [2.45, 2.75) is 157 Å². The number of hydrogen-bond donors (Lipinski definition) is 23. The predicted molar refractivity (Wildman–Crippen MR) is 342 cm³/mol. The van der Waals surface area contributed by atoms with E-state index in [1.54, 1.807) is 26.0 Å². The third kappa shape index (κ3) is 28.4. The average molecular weight is 1400 g/mol. The molecule has 1 saturated heterocycles. The summed E-state index contributed by atoms with van der Waals surface area (Å²) in [4.78, 5) is 172. The van der Waals surface area contributed by atoms with Gasteiger partial charge in [0.15, 0.2) is 18.4 Å². The Kier molecular flexibility index (Phi) is 35.2. The minimum Gasteiger partial charge on any atom is -0.508 e. The number of aliphatic hydroxyl groups excluding tert-OH is 6. The summed E-state index contributed by atoms with van der Waals surface area (Å²) >= 11 is 4.95. The molecule has 1 fully saturated rings. The van der Waals surface area contributed by atoms with Gasteiger partial charge in [-0.1, -0.05) is 38.1 Å². The number of hydrogen-bond acceptors (Lipinski definition) is 25. The number of primary amides is 1. The van der Waals surface area contributed by atoms with Crippen molar-refractivity contribution in [3.63, 3.8) is 0 Å². The first-order valence-corrected chi connectivity index (χ1v) is 31.7. The van der Waals surface area contributed by atoms with E-state index in [-0.39, 0.29) is 60.6 Å². The fourth-order valence-electron chi connectivity index (χ4n) is 9.03. The number of aldehydes is 1. The van der Waals surface area contributed by atoms with E-state index in [1.807, 2.05) is 5.32 Å². The first-order valence-electron chi connectivity index (χ1n) is 30.0. The number of aryl methyl sites for hydroxylation is 1. The molecule has 0 radical (unpaired) electrons. The van der Waals surface area contributed by atoms with Crippen LogP contribution in [0.1, 0.15) is 80.8 Å². The highest BCUT2D eigenvalue weighted by Crippen LogP contribution is 2.29. The number of carboxylic acids is 1. The maximum Gasteiger partial charge on any atom is 0.305 e. The van der Waals surface area contributed by atoms with Crippen molar-refractivity contribution in [1.29, 1.82) is 5.41 Å². The quantitative estimate of drug-likeness (QED) is 0.00734. The lowest BCUT2D eigenvalue weighted by Crippen LogP contribution is -2.61. The molecule has 2 aromatic carbocycles. The molecule has 9 unspecified atom stereocenters. The molecule has 0 bridgehead atoms. The lowest BCUT2D eigenvalue weighted by Gasteiger charge is -2.39. The molecule has 0 saturated carbocycles. The summed E-state index contributed by atoms with van der Waals surface area (Å²) in [6.07, 6.45) is -11.2. The largest absolute Gasteiger partial charge is 0.508 e. The third-order valence-electron chi connectivity index (χ3n) is 14.3. The number of thioether (sulfide) groups is 1. The zero-order valence-corrected chi connectivity index (χ0v) is 54.3. The molecule has 1 aliphatic rings. The molecule has 0 spiro atoms. The van der Waals surface area contributed by atoms with E-state index in [2.05, 4.69) is 65.8 Å². The average Bonchev–Trinajstić information content (AvgIpc) is 0.853. The minimum atomic E-state index is -2.13. The van der Waals surface area contributed by atoms with E-state index < -0.39 is 207 Å². The molecule has 11 amide bonds. The number of rotatable bonds is 41. The molecular formula is C58H86N14O22S2. The zero-order valence-electron chi connectivity index (χ0n) is 52.6. The van der Waals surface area contributed by atoms with Gasteiger partial charge < -0.3 is 105 Å². The van der Waals surface area contributed by atoms with Crippen molar-refractivity contribution < 1.29 is 108 Å². The van der Waals surface area contributed by atoms with Gasteiger partial charge in [0.2, 0.25) is 59.1 Å². The molecule has 96 heavy (non-hydrogen) atoms. The Balaban J connectivity index is 1.78. The Hall–Kier alpha value is -8.60. The molecule has 36 nitrogen and oxygen atoms in total. The SMILES string of the molecule is CC(C)CC(NC(=O)CNC(=O)C(O)CS)C(=O)NC(CCCNC(=N)N)C(=O)NC(CCC(N)=O)C(=O)NC(Cc1ccc(O)cc1)C(=O)NC(=O)C(CC(=O)O)NC(=O)C(CO)NC(C)C(=O)NC(C=O)NC(=O)c1ccc(CCS[C@@H]2O[C@H](CO)[C@@H](O)[C@H](O)[C@H]2O)cc1. The third-order valence-corrected chi connectivity index (χ3v) is 15.8. The lowest BCUT2D eigenvalue weighted by molar-refractivity contribution is -0.205. The highest BCUT2D eigenvalue weighted by molar-refractivity contribution is 7.99. The van der Waals surface area contributed by atoms with Gasteiger partial charge in [-0.25, -0.2) is 0 Å². The second-order valence-corrected chi connectivity index (χ2v) is 24.0. The summed E-state index contributed by atoms with van der Waals surface area (Å²) in [6.45, 7) is 2.23. The number of nitrogens with two attached hydrogens (primary N) is 2. The van der Waals surface area contributed by atoms with Crippen LogP contribution in [0, 0.1) is 11.3 Å². The van der Waals surface area contributed by atoms with Crippen LogP contribution in [0.15, 0.2) is 48.5 Å². The number of phenolic OH excluding ortho intramolecular Hbond substituents is 1. The van der Waals surface area contributed by atoms with Crippen LogP contribution in [0.2, 0.25) is 0 Å². The summed E-state index contributed by atoms with van der Waals surface area (Å²) in [6, 6.07) is -0.855. The molecule has 2 aromatic rings. The van der Waals surface area contributed by atoms with Crippen molar-refractivity contribution in [3.05, 3.63) is 65.2 Å². The number of ether oxygens (including phenoxy) is 1. The molecular weight excluding hydrogens is 1310 g/mol. The van der Waals surface area contributed by atoms with Crippen LogP contribution in [-0.4, -0.2) is 246 Å². The van der Waals surface area contributed by atoms with E-state index in [1.165, 1.54) is 43.3 Å². The molecule has 24 N–H and O–H groups in total. The van der Waals surface area contributed by atoms with E-state index >= 15 is 0 Å². The highest BCUT2D eigenvalue weighted by Gasteiger charge is 2.44. The van der Waals surface area contributed by atoms with Crippen molar-refractivity contribution in [2.24, 2.45) is 17.4 Å². The Bertz CT molecular complexity index is 3010. The number of aliphatic carboxylic acids is 1. The topological polar surface area (TPSA) is 601 Å². The summed E-state index contributed by atoms with van der Waals surface area (Å²) in [7, 11) is 0. The molecule has 14 atom stereocenters. The van der Waals surface area contributed by atoms with Gasteiger partial charge in [-0.2, -0.15) is 12.6 Å². The summed E-state index contributed by atoms with van der Waals surface area (Å²) in [5, 5.41) is 113. The van der Waals surface area contributed by atoms with Gasteiger partial charge in [0.25, 0.3) is 5.91 Å². The number of benzene rings is 2. The number of amides is 11. The zero-order chi connectivity index (χ0) is 71.9.